The van der Waals surface area contributed by atoms with Crippen LogP contribution in [0.25, 0.3) is 0 Å². The number of hydrogen-bond acceptors (Lipinski definition) is 4. The summed E-state index contributed by atoms with van der Waals surface area (Å²) in [7, 11) is 0. The van der Waals surface area contributed by atoms with Crippen LogP contribution in [-0.2, 0) is 26.5 Å². The fourth-order valence-corrected chi connectivity index (χ4v) is 0.520. The molecule has 0 aliphatic carbocycles. The average Bonchev–Trinajstić information content (AvgIpc) is 1.87. The van der Waals surface area contributed by atoms with Crippen LogP contribution in [0.1, 0.15) is 13.8 Å². The monoisotopic (exact) mass is 266 g/mol. The molecule has 0 aromatic heterocycles. The Balaban J connectivity index is -0.000000143. The fourth-order valence-electron chi connectivity index (χ4n) is 0.285. The third-order valence-electron chi connectivity index (χ3n) is 0.573. The van der Waals surface area contributed by atoms with E-state index in [0.717, 1.165) is 0 Å². The molecule has 0 amide bonds. The van der Waals surface area contributed by atoms with Crippen molar-refractivity contribution in [1.82, 2.24) is 0 Å². The van der Waals surface area contributed by atoms with Gasteiger partial charge in [0, 0.05) is 17.1 Å². The Kier molecular flexibility index (Phi) is 20.7. The van der Waals surface area contributed by atoms with E-state index in [1.165, 1.54) is 0 Å². The van der Waals surface area contributed by atoms with Crippen molar-refractivity contribution in [2.24, 2.45) is 11.5 Å². The molecule has 0 saturated carbocycles. The van der Waals surface area contributed by atoms with Crippen LogP contribution in [0.3, 0.4) is 0 Å². The van der Waals surface area contributed by atoms with Gasteiger partial charge in [0.05, 0.1) is 13.2 Å². The summed E-state index contributed by atoms with van der Waals surface area (Å²) in [5, 5.41) is 0.245. The summed E-state index contributed by atoms with van der Waals surface area (Å²) in [5.74, 6) is 0. The van der Waals surface area contributed by atoms with E-state index in [4.69, 9.17) is 11.5 Å². The Labute approximate surface area is 99.8 Å². The van der Waals surface area contributed by atoms with Crippen LogP contribution in [0.5, 0.6) is 0 Å². The SMILES string of the molecule is CCOC(N)=S.CCOC(N)=S.[Fe]. The predicted octanol–water partition coefficient (Wildman–Crippen LogP) is 0.531. The topological polar surface area (TPSA) is 70.5 Å². The van der Waals surface area contributed by atoms with E-state index >= 15 is 0 Å². The number of hydrogen-bond donors (Lipinski definition) is 2. The molecule has 0 rings (SSSR count). The van der Waals surface area contributed by atoms with Gasteiger partial charge in [-0.05, 0) is 38.3 Å². The van der Waals surface area contributed by atoms with Crippen molar-refractivity contribution in [1.29, 1.82) is 0 Å². The van der Waals surface area contributed by atoms with Gasteiger partial charge in [0.15, 0.2) is 0 Å². The zero-order valence-electron chi connectivity index (χ0n) is 7.56. The smallest absolute Gasteiger partial charge is 0.253 e. The minimum atomic E-state index is 0. The van der Waals surface area contributed by atoms with Gasteiger partial charge in [-0.25, -0.2) is 0 Å². The van der Waals surface area contributed by atoms with Crippen molar-refractivity contribution in [2.75, 3.05) is 13.2 Å². The first kappa shape index (κ1) is 18.6. The van der Waals surface area contributed by atoms with Gasteiger partial charge in [-0.2, -0.15) is 0 Å². The van der Waals surface area contributed by atoms with Crippen LogP contribution in [-0.4, -0.2) is 23.6 Å². The first-order valence-electron chi connectivity index (χ1n) is 3.39. The van der Waals surface area contributed by atoms with E-state index < -0.39 is 0 Å². The summed E-state index contributed by atoms with van der Waals surface area (Å²) < 4.78 is 9.10. The van der Waals surface area contributed by atoms with E-state index in [1.807, 2.05) is 13.8 Å². The van der Waals surface area contributed by atoms with Gasteiger partial charge in [0.2, 0.25) is 0 Å². The van der Waals surface area contributed by atoms with Gasteiger partial charge in [0.1, 0.15) is 0 Å². The minimum Gasteiger partial charge on any atom is -0.472 e. The van der Waals surface area contributed by atoms with Crippen molar-refractivity contribution >= 4 is 34.8 Å². The number of thiocarbonyl (C=S) groups is 2. The molecule has 0 radical (unpaired) electrons. The van der Waals surface area contributed by atoms with Gasteiger partial charge in [-0.15, -0.1) is 0 Å². The van der Waals surface area contributed by atoms with Crippen LogP contribution in [0.2, 0.25) is 0 Å². The Bertz CT molecular complexity index is 131. The van der Waals surface area contributed by atoms with Crippen molar-refractivity contribution in [2.45, 2.75) is 13.8 Å². The van der Waals surface area contributed by atoms with E-state index in [9.17, 15) is 0 Å². The minimum absolute atomic E-state index is 0. The number of rotatable bonds is 2. The molecule has 80 valence electrons. The molecule has 0 aliphatic rings. The van der Waals surface area contributed by atoms with Crippen molar-refractivity contribution in [3.05, 3.63) is 0 Å². The first-order chi connectivity index (χ1) is 5.54. The molecule has 4 N–H and O–H groups in total. The van der Waals surface area contributed by atoms with Crippen molar-refractivity contribution in [3.8, 4) is 0 Å². The van der Waals surface area contributed by atoms with Crippen LogP contribution in [0.4, 0.5) is 0 Å². The second-order valence-corrected chi connectivity index (χ2v) is 2.31. The molecule has 0 aliphatic heterocycles. The van der Waals surface area contributed by atoms with Gasteiger partial charge in [0.25, 0.3) is 10.3 Å². The van der Waals surface area contributed by atoms with Crippen LogP contribution < -0.4 is 11.5 Å². The third-order valence-corrected chi connectivity index (χ3v) is 0.809. The van der Waals surface area contributed by atoms with Gasteiger partial charge in [-0.1, -0.05) is 0 Å². The maximum atomic E-state index is 4.91. The quantitative estimate of drug-likeness (QED) is 0.561. The van der Waals surface area contributed by atoms with Crippen LogP contribution in [0.15, 0.2) is 0 Å². The zero-order valence-corrected chi connectivity index (χ0v) is 10.3. The summed E-state index contributed by atoms with van der Waals surface area (Å²) >= 11 is 8.70. The molecule has 4 nitrogen and oxygen atoms in total. The zero-order chi connectivity index (χ0) is 9.98. The Morgan fingerprint density at radius 2 is 1.23 bits per heavy atom. The van der Waals surface area contributed by atoms with Gasteiger partial charge < -0.3 is 20.9 Å². The summed E-state index contributed by atoms with van der Waals surface area (Å²) in [4.78, 5) is 0. The van der Waals surface area contributed by atoms with Crippen molar-refractivity contribution in [3.63, 3.8) is 0 Å². The molecule has 0 saturated heterocycles. The van der Waals surface area contributed by atoms with Gasteiger partial charge in [-0.3, -0.25) is 0 Å². The number of ether oxygens (including phenoxy) is 2. The molecule has 0 unspecified atom stereocenters. The molecule has 0 aromatic rings. The normalized spacial score (nSPS) is 6.92. The molecule has 13 heavy (non-hydrogen) atoms. The van der Waals surface area contributed by atoms with E-state index in [-0.39, 0.29) is 27.4 Å². The first-order valence-corrected chi connectivity index (χ1v) is 4.20. The average molecular weight is 266 g/mol. The molecule has 0 atom stereocenters. The molecule has 0 bridgehead atoms. The summed E-state index contributed by atoms with van der Waals surface area (Å²) in [6, 6.07) is 0. The molecule has 7 heteroatoms. The largest absolute Gasteiger partial charge is 0.472 e. The van der Waals surface area contributed by atoms with E-state index in [1.54, 1.807) is 0 Å². The molecule has 0 fully saturated rings. The van der Waals surface area contributed by atoms with Crippen LogP contribution >= 0.6 is 24.4 Å². The molecular formula is C6H14FeN2O2S2. The summed E-state index contributed by atoms with van der Waals surface area (Å²) in [6.45, 7) is 4.79. The third kappa shape index (κ3) is 33.5. The molecule has 0 heterocycles. The molecule has 0 aromatic carbocycles. The maximum Gasteiger partial charge on any atom is 0.253 e. The van der Waals surface area contributed by atoms with Crippen molar-refractivity contribution < 1.29 is 26.5 Å². The maximum absolute atomic E-state index is 4.91. The molecular weight excluding hydrogens is 252 g/mol. The fraction of sp³-hybridized carbons (Fsp3) is 0.667. The van der Waals surface area contributed by atoms with Crippen LogP contribution in [0, 0.1) is 0 Å². The summed E-state index contributed by atoms with van der Waals surface area (Å²) in [6.07, 6.45) is 0. The Morgan fingerprint density at radius 3 is 1.23 bits per heavy atom. The van der Waals surface area contributed by atoms with Gasteiger partial charge >= 0.3 is 0 Å². The Morgan fingerprint density at radius 1 is 1.00 bits per heavy atom. The standard InChI is InChI=1S/2C3H7NOS.Fe/c2*1-2-5-3(4)6;/h2*2H2,1H3,(H2,4,6);. The summed E-state index contributed by atoms with van der Waals surface area (Å²) in [5.41, 5.74) is 9.82. The second kappa shape index (κ2) is 14.4. The van der Waals surface area contributed by atoms with E-state index in [0.29, 0.717) is 13.2 Å². The Hall–Kier alpha value is -0.101. The molecule has 0 spiro atoms. The predicted molar refractivity (Wildman–Crippen MR) is 56.8 cm³/mol. The second-order valence-electron chi connectivity index (χ2n) is 1.50. The van der Waals surface area contributed by atoms with E-state index in [2.05, 4.69) is 33.9 Å². The number of nitrogens with two attached hydrogens (primary N) is 2.